The molecule has 2 aromatic carbocycles. The van der Waals surface area contributed by atoms with E-state index >= 15 is 0 Å². The Bertz CT molecular complexity index is 723. The Hall–Kier alpha value is -2.36. The summed E-state index contributed by atoms with van der Waals surface area (Å²) in [6, 6.07) is 8.56. The van der Waals surface area contributed by atoms with Crippen LogP contribution >= 0.6 is 0 Å². The van der Waals surface area contributed by atoms with Gasteiger partial charge in [-0.25, -0.2) is 9.18 Å². The molecule has 0 aromatic heterocycles. The minimum absolute atomic E-state index is 0.185. The van der Waals surface area contributed by atoms with E-state index in [1.807, 2.05) is 26.0 Å². The molecule has 0 atom stereocenters. The van der Waals surface area contributed by atoms with Crippen LogP contribution in [0.1, 0.15) is 39.5 Å². The summed E-state index contributed by atoms with van der Waals surface area (Å²) in [4.78, 5) is 12.1. The van der Waals surface area contributed by atoms with Crippen LogP contribution in [0.3, 0.4) is 0 Å². The minimum Gasteiger partial charge on any atom is -0.488 e. The van der Waals surface area contributed by atoms with E-state index < -0.39 is 0 Å². The molecule has 0 unspecified atom stereocenters. The number of halogens is 1. The second-order valence-electron chi connectivity index (χ2n) is 5.48. The molecule has 0 radical (unpaired) electrons. The van der Waals surface area contributed by atoms with Crippen molar-refractivity contribution in [2.24, 2.45) is 0 Å². The Morgan fingerprint density at radius 2 is 1.83 bits per heavy atom. The van der Waals surface area contributed by atoms with Crippen LogP contribution in [0.5, 0.6) is 5.75 Å². The maximum Gasteiger partial charge on any atom is 0.338 e. The Balaban J connectivity index is 2.27. The van der Waals surface area contributed by atoms with Crippen molar-refractivity contribution in [1.29, 1.82) is 0 Å². The van der Waals surface area contributed by atoms with Gasteiger partial charge >= 0.3 is 5.97 Å². The zero-order chi connectivity index (χ0) is 17.0. The van der Waals surface area contributed by atoms with Gasteiger partial charge in [0.05, 0.1) is 12.2 Å². The molecule has 0 spiro atoms. The van der Waals surface area contributed by atoms with Crippen LogP contribution in [0.2, 0.25) is 0 Å². The van der Waals surface area contributed by atoms with Crippen molar-refractivity contribution in [1.82, 2.24) is 0 Å². The molecule has 3 nitrogen and oxygen atoms in total. The molecule has 122 valence electrons. The third-order valence-electron chi connectivity index (χ3n) is 3.73. The number of esters is 1. The highest BCUT2D eigenvalue weighted by atomic mass is 19.1. The van der Waals surface area contributed by atoms with Crippen molar-refractivity contribution < 1.29 is 18.7 Å². The molecule has 0 amide bonds. The van der Waals surface area contributed by atoms with Crippen molar-refractivity contribution in [3.63, 3.8) is 0 Å². The number of aryl methyl sites for hydroxylation is 3. The third-order valence-corrected chi connectivity index (χ3v) is 3.73. The summed E-state index contributed by atoms with van der Waals surface area (Å²) in [5.74, 6) is -0.200. The number of rotatable bonds is 5. The van der Waals surface area contributed by atoms with Crippen LogP contribution in [0.4, 0.5) is 4.39 Å². The average molecular weight is 316 g/mol. The highest BCUT2D eigenvalue weighted by Crippen LogP contribution is 2.24. The van der Waals surface area contributed by atoms with E-state index in [0.29, 0.717) is 23.5 Å². The fourth-order valence-electron chi connectivity index (χ4n) is 2.41. The molecule has 0 saturated heterocycles. The van der Waals surface area contributed by atoms with Gasteiger partial charge in [-0.3, -0.25) is 0 Å². The number of carbonyl (C=O) groups excluding carboxylic acids is 1. The van der Waals surface area contributed by atoms with Gasteiger partial charge in [0.2, 0.25) is 0 Å². The molecule has 0 aliphatic heterocycles. The lowest BCUT2D eigenvalue weighted by Gasteiger charge is -2.15. The van der Waals surface area contributed by atoms with E-state index in [1.165, 1.54) is 6.07 Å². The lowest BCUT2D eigenvalue weighted by molar-refractivity contribution is 0.0523. The number of benzene rings is 2. The van der Waals surface area contributed by atoms with Gasteiger partial charge in [-0.2, -0.15) is 0 Å². The normalized spacial score (nSPS) is 10.5. The van der Waals surface area contributed by atoms with Crippen LogP contribution in [-0.4, -0.2) is 12.6 Å². The van der Waals surface area contributed by atoms with E-state index in [1.54, 1.807) is 26.0 Å². The van der Waals surface area contributed by atoms with Gasteiger partial charge in [-0.05, 0) is 56.5 Å². The first-order valence-corrected chi connectivity index (χ1v) is 7.59. The molecule has 2 aromatic rings. The first kappa shape index (κ1) is 17.0. The molecule has 4 heteroatoms. The summed E-state index contributed by atoms with van der Waals surface area (Å²) < 4.78 is 24.6. The molecule has 0 fully saturated rings. The fraction of sp³-hybridized carbons (Fsp3) is 0.316. The van der Waals surface area contributed by atoms with Crippen molar-refractivity contribution in [3.05, 3.63) is 64.0 Å². The van der Waals surface area contributed by atoms with E-state index in [4.69, 9.17) is 9.47 Å². The molecule has 0 heterocycles. The second kappa shape index (κ2) is 7.27. The van der Waals surface area contributed by atoms with Gasteiger partial charge in [0, 0.05) is 11.6 Å². The molecule has 0 saturated carbocycles. The monoisotopic (exact) mass is 316 g/mol. The Morgan fingerprint density at radius 1 is 1.09 bits per heavy atom. The summed E-state index contributed by atoms with van der Waals surface area (Å²) >= 11 is 0. The standard InChI is InChI=1S/C19H21FO3/c1-5-22-19(21)15-8-6-7-12(2)16(15)11-23-18-10-17(20)13(3)9-14(18)4/h6-10H,5,11H2,1-4H3. The molecule has 0 aliphatic rings. The molecular formula is C19H21FO3. The largest absolute Gasteiger partial charge is 0.488 e. The van der Waals surface area contributed by atoms with Gasteiger partial charge in [-0.1, -0.05) is 12.1 Å². The van der Waals surface area contributed by atoms with Crippen molar-refractivity contribution in [3.8, 4) is 5.75 Å². The fourth-order valence-corrected chi connectivity index (χ4v) is 2.41. The second-order valence-corrected chi connectivity index (χ2v) is 5.48. The van der Waals surface area contributed by atoms with E-state index in [9.17, 15) is 9.18 Å². The van der Waals surface area contributed by atoms with Crippen molar-refractivity contribution in [2.75, 3.05) is 6.61 Å². The topological polar surface area (TPSA) is 35.5 Å². The zero-order valence-corrected chi connectivity index (χ0v) is 13.9. The minimum atomic E-state index is -0.374. The quantitative estimate of drug-likeness (QED) is 0.762. The van der Waals surface area contributed by atoms with Crippen LogP contribution in [-0.2, 0) is 11.3 Å². The first-order chi connectivity index (χ1) is 10.9. The van der Waals surface area contributed by atoms with E-state index in [-0.39, 0.29) is 18.4 Å². The third kappa shape index (κ3) is 3.89. The highest BCUT2D eigenvalue weighted by Gasteiger charge is 2.15. The SMILES string of the molecule is CCOC(=O)c1cccc(C)c1COc1cc(F)c(C)cc1C. The van der Waals surface area contributed by atoms with Gasteiger partial charge in [0.15, 0.2) is 0 Å². The van der Waals surface area contributed by atoms with Crippen molar-refractivity contribution >= 4 is 5.97 Å². The van der Waals surface area contributed by atoms with Gasteiger partial charge in [0.1, 0.15) is 18.2 Å². The average Bonchev–Trinajstić information content (AvgIpc) is 2.50. The van der Waals surface area contributed by atoms with Gasteiger partial charge in [0.25, 0.3) is 0 Å². The van der Waals surface area contributed by atoms with Crippen molar-refractivity contribution in [2.45, 2.75) is 34.3 Å². The van der Waals surface area contributed by atoms with Crippen LogP contribution in [0.25, 0.3) is 0 Å². The number of ether oxygens (including phenoxy) is 2. The van der Waals surface area contributed by atoms with Crippen LogP contribution < -0.4 is 4.74 Å². The van der Waals surface area contributed by atoms with E-state index in [0.717, 1.165) is 16.7 Å². The summed E-state index contributed by atoms with van der Waals surface area (Å²) in [6.07, 6.45) is 0. The summed E-state index contributed by atoms with van der Waals surface area (Å²) in [5, 5.41) is 0. The Morgan fingerprint density at radius 3 is 2.52 bits per heavy atom. The summed E-state index contributed by atoms with van der Waals surface area (Å²) in [7, 11) is 0. The molecule has 0 N–H and O–H groups in total. The van der Waals surface area contributed by atoms with Crippen LogP contribution in [0.15, 0.2) is 30.3 Å². The predicted molar refractivity (Wildman–Crippen MR) is 87.3 cm³/mol. The highest BCUT2D eigenvalue weighted by molar-refractivity contribution is 5.91. The number of hydrogen-bond acceptors (Lipinski definition) is 3. The maximum absolute atomic E-state index is 13.7. The molecule has 0 aliphatic carbocycles. The van der Waals surface area contributed by atoms with Gasteiger partial charge < -0.3 is 9.47 Å². The zero-order valence-electron chi connectivity index (χ0n) is 13.9. The Kier molecular flexibility index (Phi) is 5.37. The molecule has 2 rings (SSSR count). The lowest BCUT2D eigenvalue weighted by Crippen LogP contribution is -2.11. The maximum atomic E-state index is 13.7. The summed E-state index contributed by atoms with van der Waals surface area (Å²) in [5.41, 5.74) is 3.61. The van der Waals surface area contributed by atoms with E-state index in [2.05, 4.69) is 0 Å². The molecule has 23 heavy (non-hydrogen) atoms. The smallest absolute Gasteiger partial charge is 0.338 e. The lowest BCUT2D eigenvalue weighted by atomic mass is 10.0. The number of carbonyl (C=O) groups is 1. The molecule has 0 bridgehead atoms. The predicted octanol–water partition coefficient (Wildman–Crippen LogP) is 4.51. The molecular weight excluding hydrogens is 295 g/mol. The number of hydrogen-bond donors (Lipinski definition) is 0. The van der Waals surface area contributed by atoms with Crippen LogP contribution in [0, 0.1) is 26.6 Å². The Labute approximate surface area is 136 Å². The first-order valence-electron chi connectivity index (χ1n) is 7.59. The summed E-state index contributed by atoms with van der Waals surface area (Å²) in [6.45, 7) is 7.75. The van der Waals surface area contributed by atoms with Gasteiger partial charge in [-0.15, -0.1) is 0 Å².